The molecule has 1 fully saturated rings. The van der Waals surface area contributed by atoms with Gasteiger partial charge in [-0.2, -0.15) is 0 Å². The summed E-state index contributed by atoms with van der Waals surface area (Å²) in [7, 11) is 1.83. The van der Waals surface area contributed by atoms with Crippen LogP contribution in [0.1, 0.15) is 28.9 Å². The molecule has 112 valence electrons. The van der Waals surface area contributed by atoms with Gasteiger partial charge in [-0.3, -0.25) is 4.79 Å². The SMILES string of the molecule is CN1C(=O)C(c2cccc(C3OCCO3)c2)c2ccccc21. The van der Waals surface area contributed by atoms with Crippen LogP contribution < -0.4 is 4.90 Å². The molecule has 0 aromatic heterocycles. The Morgan fingerprint density at radius 3 is 2.55 bits per heavy atom. The number of nitrogens with zero attached hydrogens (tertiary/aromatic N) is 1. The van der Waals surface area contributed by atoms with Gasteiger partial charge < -0.3 is 14.4 Å². The molecule has 0 aliphatic carbocycles. The molecule has 4 heteroatoms. The van der Waals surface area contributed by atoms with Gasteiger partial charge >= 0.3 is 0 Å². The maximum absolute atomic E-state index is 12.7. The van der Waals surface area contributed by atoms with E-state index in [0.29, 0.717) is 13.2 Å². The molecule has 0 bridgehead atoms. The molecule has 1 atom stereocenters. The highest BCUT2D eigenvalue weighted by Gasteiger charge is 2.36. The summed E-state index contributed by atoms with van der Waals surface area (Å²) in [6, 6.07) is 15.9. The van der Waals surface area contributed by atoms with Crippen LogP contribution >= 0.6 is 0 Å². The molecule has 2 aromatic carbocycles. The van der Waals surface area contributed by atoms with E-state index in [1.165, 1.54) is 0 Å². The normalized spacial score (nSPS) is 21.4. The van der Waals surface area contributed by atoms with Gasteiger partial charge in [-0.25, -0.2) is 0 Å². The third-order valence-corrected chi connectivity index (χ3v) is 4.32. The second-order valence-corrected chi connectivity index (χ2v) is 5.63. The summed E-state index contributed by atoms with van der Waals surface area (Å²) in [6.45, 7) is 1.23. The Bertz CT molecular complexity index is 722. The van der Waals surface area contributed by atoms with Crippen LogP contribution in [0.2, 0.25) is 0 Å². The number of hydrogen-bond acceptors (Lipinski definition) is 3. The van der Waals surface area contributed by atoms with Gasteiger partial charge in [0.25, 0.3) is 0 Å². The fraction of sp³-hybridized carbons (Fsp3) is 0.278. The first-order valence-electron chi connectivity index (χ1n) is 7.45. The van der Waals surface area contributed by atoms with Crippen LogP contribution in [0.15, 0.2) is 48.5 Å². The fourth-order valence-corrected chi connectivity index (χ4v) is 3.24. The highest BCUT2D eigenvalue weighted by molar-refractivity contribution is 6.06. The first-order valence-corrected chi connectivity index (χ1v) is 7.45. The third kappa shape index (κ3) is 2.03. The number of hydrogen-bond donors (Lipinski definition) is 0. The summed E-state index contributed by atoms with van der Waals surface area (Å²) >= 11 is 0. The molecule has 1 saturated heterocycles. The summed E-state index contributed by atoms with van der Waals surface area (Å²) in [4.78, 5) is 14.4. The lowest BCUT2D eigenvalue weighted by atomic mass is 9.91. The van der Waals surface area contributed by atoms with E-state index < -0.39 is 0 Å². The fourth-order valence-electron chi connectivity index (χ4n) is 3.24. The van der Waals surface area contributed by atoms with Gasteiger partial charge in [-0.1, -0.05) is 36.4 Å². The molecule has 2 heterocycles. The summed E-state index contributed by atoms with van der Waals surface area (Å²) in [5.41, 5.74) is 3.99. The van der Waals surface area contributed by atoms with E-state index >= 15 is 0 Å². The van der Waals surface area contributed by atoms with E-state index in [0.717, 1.165) is 22.4 Å². The van der Waals surface area contributed by atoms with E-state index in [1.54, 1.807) is 4.90 Å². The molecular weight excluding hydrogens is 278 g/mol. The van der Waals surface area contributed by atoms with Crippen molar-refractivity contribution >= 4 is 11.6 Å². The van der Waals surface area contributed by atoms with Crippen LogP contribution in [0, 0.1) is 0 Å². The Labute approximate surface area is 129 Å². The first-order chi connectivity index (χ1) is 10.8. The molecular formula is C18H17NO3. The minimum atomic E-state index is -0.315. The molecule has 0 N–H and O–H groups in total. The van der Waals surface area contributed by atoms with Crippen molar-refractivity contribution in [1.29, 1.82) is 0 Å². The Morgan fingerprint density at radius 2 is 1.73 bits per heavy atom. The average molecular weight is 295 g/mol. The van der Waals surface area contributed by atoms with Crippen molar-refractivity contribution < 1.29 is 14.3 Å². The molecule has 2 aromatic rings. The minimum absolute atomic E-state index is 0.103. The number of ether oxygens (including phenoxy) is 2. The standard InChI is InChI=1S/C18H17NO3/c1-19-15-8-3-2-7-14(15)16(17(19)20)12-5-4-6-13(11-12)18-21-9-10-22-18/h2-8,11,16,18H,9-10H2,1H3. The summed E-state index contributed by atoms with van der Waals surface area (Å²) in [5, 5.41) is 0. The Hall–Kier alpha value is -2.17. The number of likely N-dealkylation sites (N-methyl/N-ethyl adjacent to an activating group) is 1. The second-order valence-electron chi connectivity index (χ2n) is 5.63. The maximum atomic E-state index is 12.7. The number of rotatable bonds is 2. The van der Waals surface area contributed by atoms with Crippen LogP contribution in [0.3, 0.4) is 0 Å². The van der Waals surface area contributed by atoms with Gasteiger partial charge in [-0.05, 0) is 23.3 Å². The lowest BCUT2D eigenvalue weighted by molar-refractivity contribution is -0.118. The molecule has 1 amide bonds. The third-order valence-electron chi connectivity index (χ3n) is 4.32. The van der Waals surface area contributed by atoms with Crippen molar-refractivity contribution in [2.45, 2.75) is 12.2 Å². The highest BCUT2D eigenvalue weighted by Crippen LogP contribution is 2.40. The Kier molecular flexibility index (Phi) is 3.21. The molecule has 1 unspecified atom stereocenters. The molecule has 0 spiro atoms. The largest absolute Gasteiger partial charge is 0.346 e. The number of anilines is 1. The summed E-state index contributed by atoms with van der Waals surface area (Å²) in [5.74, 6) is -0.144. The predicted molar refractivity (Wildman–Crippen MR) is 82.8 cm³/mol. The van der Waals surface area contributed by atoms with Crippen LogP contribution in [-0.4, -0.2) is 26.2 Å². The average Bonchev–Trinajstić information content (AvgIpc) is 3.17. The van der Waals surface area contributed by atoms with Gasteiger partial charge in [-0.15, -0.1) is 0 Å². The van der Waals surface area contributed by atoms with Gasteiger partial charge in [0.15, 0.2) is 6.29 Å². The van der Waals surface area contributed by atoms with Crippen molar-refractivity contribution in [3.05, 3.63) is 65.2 Å². The molecule has 4 nitrogen and oxygen atoms in total. The van der Waals surface area contributed by atoms with Gasteiger partial charge in [0.2, 0.25) is 5.91 Å². The van der Waals surface area contributed by atoms with E-state index in [4.69, 9.17) is 9.47 Å². The van der Waals surface area contributed by atoms with E-state index in [2.05, 4.69) is 0 Å². The first kappa shape index (κ1) is 13.5. The minimum Gasteiger partial charge on any atom is -0.346 e. The molecule has 0 radical (unpaired) electrons. The van der Waals surface area contributed by atoms with Crippen LogP contribution in [-0.2, 0) is 14.3 Å². The molecule has 2 aliphatic rings. The summed E-state index contributed by atoms with van der Waals surface area (Å²) in [6.07, 6.45) is -0.315. The number of amides is 1. The zero-order chi connectivity index (χ0) is 15.1. The van der Waals surface area contributed by atoms with Crippen molar-refractivity contribution in [3.8, 4) is 0 Å². The van der Waals surface area contributed by atoms with Crippen molar-refractivity contribution in [2.24, 2.45) is 0 Å². The number of benzene rings is 2. The zero-order valence-electron chi connectivity index (χ0n) is 12.4. The van der Waals surface area contributed by atoms with Crippen molar-refractivity contribution in [2.75, 3.05) is 25.2 Å². The lowest BCUT2D eigenvalue weighted by Gasteiger charge is -2.15. The Morgan fingerprint density at radius 1 is 1.00 bits per heavy atom. The predicted octanol–water partition coefficient (Wildman–Crippen LogP) is 2.84. The number of carbonyl (C=O) groups excluding carboxylic acids is 1. The second kappa shape index (κ2) is 5.23. The van der Waals surface area contributed by atoms with E-state index in [-0.39, 0.29) is 18.1 Å². The van der Waals surface area contributed by atoms with E-state index in [9.17, 15) is 4.79 Å². The smallest absolute Gasteiger partial charge is 0.238 e. The maximum Gasteiger partial charge on any atom is 0.238 e. The topological polar surface area (TPSA) is 38.8 Å². The molecule has 22 heavy (non-hydrogen) atoms. The van der Waals surface area contributed by atoms with Crippen LogP contribution in [0.4, 0.5) is 5.69 Å². The highest BCUT2D eigenvalue weighted by atomic mass is 16.7. The Balaban J connectivity index is 1.76. The van der Waals surface area contributed by atoms with Crippen LogP contribution in [0.25, 0.3) is 0 Å². The molecule has 4 rings (SSSR count). The molecule has 2 aliphatic heterocycles. The van der Waals surface area contributed by atoms with Crippen molar-refractivity contribution in [1.82, 2.24) is 0 Å². The monoisotopic (exact) mass is 295 g/mol. The van der Waals surface area contributed by atoms with Gasteiger partial charge in [0.05, 0.1) is 19.1 Å². The van der Waals surface area contributed by atoms with Gasteiger partial charge in [0.1, 0.15) is 0 Å². The van der Waals surface area contributed by atoms with Gasteiger partial charge in [0, 0.05) is 18.3 Å². The quantitative estimate of drug-likeness (QED) is 0.855. The molecule has 0 saturated carbocycles. The summed E-state index contributed by atoms with van der Waals surface area (Å²) < 4.78 is 11.1. The number of para-hydroxylation sites is 1. The van der Waals surface area contributed by atoms with Crippen LogP contribution in [0.5, 0.6) is 0 Å². The van der Waals surface area contributed by atoms with E-state index in [1.807, 2.05) is 55.6 Å². The lowest BCUT2D eigenvalue weighted by Crippen LogP contribution is -2.24. The number of fused-ring (bicyclic) bond motifs is 1. The number of carbonyl (C=O) groups is 1. The zero-order valence-corrected chi connectivity index (χ0v) is 12.4. The van der Waals surface area contributed by atoms with Crippen molar-refractivity contribution in [3.63, 3.8) is 0 Å².